The van der Waals surface area contributed by atoms with Crippen molar-refractivity contribution in [2.24, 2.45) is 0 Å². The zero-order chi connectivity index (χ0) is 17.1. The summed E-state index contributed by atoms with van der Waals surface area (Å²) < 4.78 is 3.44. The van der Waals surface area contributed by atoms with Crippen LogP contribution >= 0.6 is 22.6 Å². The lowest BCUT2D eigenvalue weighted by molar-refractivity contribution is 0.964. The largest absolute Gasteiger partial charge is 0.318 e. The number of nitrogens with zero attached hydrogens (tertiary/aromatic N) is 2. The molecule has 0 saturated heterocycles. The maximum atomic E-state index is 9.53. The molecule has 0 aliphatic rings. The molecule has 0 spiro atoms. The summed E-state index contributed by atoms with van der Waals surface area (Å²) >= 11 is 2.31. The van der Waals surface area contributed by atoms with Crippen LogP contribution in [-0.4, -0.2) is 4.57 Å². The number of nitriles is 1. The van der Waals surface area contributed by atoms with Gasteiger partial charge in [-0.15, -0.1) is 0 Å². The maximum Gasteiger partial charge on any atom is 0.0998 e. The van der Waals surface area contributed by atoms with E-state index >= 15 is 0 Å². The lowest BCUT2D eigenvalue weighted by Crippen LogP contribution is -1.98. The Morgan fingerprint density at radius 1 is 1.04 bits per heavy atom. The quantitative estimate of drug-likeness (QED) is 0.388. The fourth-order valence-electron chi connectivity index (χ4n) is 2.87. The Balaban J connectivity index is 2.08. The first kappa shape index (κ1) is 16.5. The third kappa shape index (κ3) is 3.29. The third-order valence-corrected chi connectivity index (χ3v) is 4.78. The molecular formula is C21H17IN2. The number of rotatable bonds is 3. The van der Waals surface area contributed by atoms with Crippen molar-refractivity contribution in [1.29, 1.82) is 5.26 Å². The molecule has 118 valence electrons. The molecule has 0 radical (unpaired) electrons. The number of allylic oxidation sites excluding steroid dienone is 1. The Morgan fingerprint density at radius 2 is 1.71 bits per heavy atom. The molecule has 2 nitrogen and oxygen atoms in total. The normalized spacial score (nSPS) is 11.3. The van der Waals surface area contributed by atoms with Crippen molar-refractivity contribution in [3.05, 3.63) is 86.7 Å². The van der Waals surface area contributed by atoms with Gasteiger partial charge in [0.2, 0.25) is 0 Å². The molecule has 24 heavy (non-hydrogen) atoms. The van der Waals surface area contributed by atoms with Crippen LogP contribution in [0.3, 0.4) is 0 Å². The summed E-state index contributed by atoms with van der Waals surface area (Å²) in [4.78, 5) is 0. The van der Waals surface area contributed by atoms with Crippen LogP contribution in [0.5, 0.6) is 0 Å². The van der Waals surface area contributed by atoms with E-state index in [1.807, 2.05) is 36.4 Å². The Labute approximate surface area is 156 Å². The van der Waals surface area contributed by atoms with Crippen LogP contribution in [-0.2, 0) is 0 Å². The van der Waals surface area contributed by atoms with E-state index in [1.165, 1.54) is 3.57 Å². The van der Waals surface area contributed by atoms with Gasteiger partial charge in [0.15, 0.2) is 0 Å². The Bertz CT molecular complexity index is 926. The van der Waals surface area contributed by atoms with Crippen molar-refractivity contribution in [1.82, 2.24) is 4.57 Å². The van der Waals surface area contributed by atoms with Crippen molar-refractivity contribution >= 4 is 34.2 Å². The third-order valence-electron chi connectivity index (χ3n) is 4.06. The average molecular weight is 424 g/mol. The van der Waals surface area contributed by atoms with E-state index < -0.39 is 0 Å². The van der Waals surface area contributed by atoms with Crippen molar-refractivity contribution < 1.29 is 0 Å². The second-order valence-corrected chi connectivity index (χ2v) is 6.92. The summed E-state index contributed by atoms with van der Waals surface area (Å²) in [5.74, 6) is 0. The minimum absolute atomic E-state index is 0.679. The van der Waals surface area contributed by atoms with Crippen LogP contribution in [0.2, 0.25) is 0 Å². The highest BCUT2D eigenvalue weighted by Crippen LogP contribution is 2.25. The van der Waals surface area contributed by atoms with Crippen molar-refractivity contribution in [2.45, 2.75) is 13.8 Å². The molecule has 3 rings (SSSR count). The minimum Gasteiger partial charge on any atom is -0.318 e. The second kappa shape index (κ2) is 7.06. The van der Waals surface area contributed by atoms with Gasteiger partial charge in [-0.2, -0.15) is 5.26 Å². The molecule has 3 aromatic rings. The first-order valence-electron chi connectivity index (χ1n) is 7.72. The van der Waals surface area contributed by atoms with Gasteiger partial charge in [-0.1, -0.05) is 30.3 Å². The van der Waals surface area contributed by atoms with Crippen LogP contribution in [0.1, 0.15) is 22.5 Å². The van der Waals surface area contributed by atoms with Crippen molar-refractivity contribution in [2.75, 3.05) is 0 Å². The summed E-state index contributed by atoms with van der Waals surface area (Å²) in [5.41, 5.74) is 6.13. The summed E-state index contributed by atoms with van der Waals surface area (Å²) in [7, 11) is 0. The highest BCUT2D eigenvalue weighted by molar-refractivity contribution is 14.1. The molecule has 3 heteroatoms. The van der Waals surface area contributed by atoms with Crippen LogP contribution in [0.25, 0.3) is 17.3 Å². The van der Waals surface area contributed by atoms with Gasteiger partial charge >= 0.3 is 0 Å². The smallest absolute Gasteiger partial charge is 0.0998 e. The van der Waals surface area contributed by atoms with E-state index in [2.05, 4.69) is 77.4 Å². The molecule has 2 aromatic carbocycles. The van der Waals surface area contributed by atoms with Crippen LogP contribution in [0.4, 0.5) is 0 Å². The zero-order valence-corrected chi connectivity index (χ0v) is 15.8. The van der Waals surface area contributed by atoms with Crippen LogP contribution in [0, 0.1) is 28.7 Å². The van der Waals surface area contributed by atoms with E-state index in [0.29, 0.717) is 5.57 Å². The van der Waals surface area contributed by atoms with E-state index in [1.54, 1.807) is 0 Å². The Morgan fingerprint density at radius 3 is 2.33 bits per heavy atom. The summed E-state index contributed by atoms with van der Waals surface area (Å²) in [6.07, 6.45) is 1.97. The van der Waals surface area contributed by atoms with Crippen LogP contribution in [0.15, 0.2) is 60.7 Å². The Hall–Kier alpha value is -2.32. The fraction of sp³-hybridized carbons (Fsp3) is 0.0952. The Kier molecular flexibility index (Phi) is 4.86. The van der Waals surface area contributed by atoms with Gasteiger partial charge in [0.05, 0.1) is 11.6 Å². The van der Waals surface area contributed by atoms with Crippen molar-refractivity contribution in [3.8, 4) is 11.8 Å². The van der Waals surface area contributed by atoms with Gasteiger partial charge in [-0.25, -0.2) is 0 Å². The van der Waals surface area contributed by atoms with Gasteiger partial charge in [0.25, 0.3) is 0 Å². The lowest BCUT2D eigenvalue weighted by atomic mass is 10.0. The topological polar surface area (TPSA) is 28.7 Å². The average Bonchev–Trinajstić information content (AvgIpc) is 2.88. The predicted molar refractivity (Wildman–Crippen MR) is 108 cm³/mol. The predicted octanol–water partition coefficient (Wildman–Crippen LogP) is 5.76. The molecule has 0 fully saturated rings. The van der Waals surface area contributed by atoms with Gasteiger partial charge in [-0.3, -0.25) is 0 Å². The van der Waals surface area contributed by atoms with Gasteiger partial charge in [0, 0.05) is 20.6 Å². The number of benzene rings is 2. The van der Waals surface area contributed by atoms with E-state index in [0.717, 1.165) is 28.2 Å². The molecule has 0 unspecified atom stereocenters. The first-order valence-corrected chi connectivity index (χ1v) is 8.80. The molecule has 0 N–H and O–H groups in total. The molecule has 0 aliphatic heterocycles. The molecule has 0 bridgehead atoms. The molecule has 0 amide bonds. The van der Waals surface area contributed by atoms with Gasteiger partial charge in [0.1, 0.15) is 0 Å². The van der Waals surface area contributed by atoms with E-state index in [-0.39, 0.29) is 0 Å². The number of aryl methyl sites for hydroxylation is 1. The highest BCUT2D eigenvalue weighted by atomic mass is 127. The van der Waals surface area contributed by atoms with E-state index in [4.69, 9.17) is 0 Å². The van der Waals surface area contributed by atoms with Crippen LogP contribution < -0.4 is 0 Å². The SMILES string of the molecule is Cc1cc(/C=C(\C#N)c2ccccc2)c(C)n1-c1ccc(I)cc1. The first-order chi connectivity index (χ1) is 11.6. The number of hydrogen-bond acceptors (Lipinski definition) is 1. The molecule has 0 saturated carbocycles. The molecular weight excluding hydrogens is 407 g/mol. The number of halogens is 1. The van der Waals surface area contributed by atoms with Crippen molar-refractivity contribution in [3.63, 3.8) is 0 Å². The van der Waals surface area contributed by atoms with Gasteiger partial charge < -0.3 is 4.57 Å². The molecule has 0 atom stereocenters. The summed E-state index contributed by atoms with van der Waals surface area (Å²) in [6.45, 7) is 4.19. The molecule has 0 aliphatic carbocycles. The standard InChI is InChI=1S/C21H17IN2/c1-15-12-18(13-19(14-23)17-6-4-3-5-7-17)16(2)24(15)21-10-8-20(22)9-11-21/h3-13H,1-2H3/b19-13+. The summed E-state index contributed by atoms with van der Waals surface area (Å²) in [6, 6.07) is 22.7. The second-order valence-electron chi connectivity index (χ2n) is 5.67. The maximum absolute atomic E-state index is 9.53. The molecule has 1 heterocycles. The summed E-state index contributed by atoms with van der Waals surface area (Å²) in [5, 5.41) is 9.53. The number of aromatic nitrogens is 1. The molecule has 1 aromatic heterocycles. The number of hydrogen-bond donors (Lipinski definition) is 0. The van der Waals surface area contributed by atoms with E-state index in [9.17, 15) is 5.26 Å². The minimum atomic E-state index is 0.679. The highest BCUT2D eigenvalue weighted by Gasteiger charge is 2.10. The zero-order valence-electron chi connectivity index (χ0n) is 13.6. The fourth-order valence-corrected chi connectivity index (χ4v) is 3.23. The monoisotopic (exact) mass is 424 g/mol. The van der Waals surface area contributed by atoms with Gasteiger partial charge in [-0.05, 0) is 84.0 Å². The lowest BCUT2D eigenvalue weighted by Gasteiger charge is -2.09.